The van der Waals surface area contributed by atoms with E-state index >= 15 is 0 Å². The second kappa shape index (κ2) is 6.07. The third-order valence-corrected chi connectivity index (χ3v) is 5.92. The van der Waals surface area contributed by atoms with E-state index in [1.165, 1.54) is 11.3 Å². The summed E-state index contributed by atoms with van der Waals surface area (Å²) in [5, 5.41) is 0.637. The largest absolute Gasteiger partial charge is 0.484 e. The van der Waals surface area contributed by atoms with Crippen LogP contribution >= 0.6 is 11.3 Å². The van der Waals surface area contributed by atoms with Crippen LogP contribution in [-0.4, -0.2) is 31.9 Å². The molecule has 0 spiro atoms. The third kappa shape index (κ3) is 2.55. The number of hydrogen-bond donors (Lipinski definition) is 0. The van der Waals surface area contributed by atoms with Crippen LogP contribution in [0, 0.1) is 0 Å². The van der Waals surface area contributed by atoms with Crippen molar-refractivity contribution in [2.75, 3.05) is 19.1 Å². The van der Waals surface area contributed by atoms with Crippen LogP contribution in [0.1, 0.15) is 40.0 Å². The highest BCUT2D eigenvalue weighted by molar-refractivity contribution is 7.15. The number of thiazole rings is 1. The van der Waals surface area contributed by atoms with E-state index in [1.807, 2.05) is 36.5 Å². The Morgan fingerprint density at radius 3 is 2.72 bits per heavy atom. The van der Waals surface area contributed by atoms with Crippen LogP contribution in [-0.2, 0) is 9.53 Å². The van der Waals surface area contributed by atoms with Crippen LogP contribution in [0.2, 0.25) is 0 Å². The van der Waals surface area contributed by atoms with Crippen LogP contribution < -0.4 is 9.47 Å². The highest BCUT2D eigenvalue weighted by Crippen LogP contribution is 2.37. The molecular weight excluding hydrogens is 338 g/mol. The molecule has 7 heteroatoms. The number of carbonyl (C=O) groups excluding carboxylic acids is 2. The van der Waals surface area contributed by atoms with E-state index in [9.17, 15) is 9.59 Å². The molecule has 0 fully saturated rings. The number of benzene rings is 1. The van der Waals surface area contributed by atoms with Crippen molar-refractivity contribution in [3.63, 3.8) is 0 Å². The molecule has 2 aromatic rings. The Bertz CT molecular complexity index is 875. The van der Waals surface area contributed by atoms with Gasteiger partial charge in [-0.15, -0.1) is 0 Å². The van der Waals surface area contributed by atoms with Gasteiger partial charge in [0.05, 0.1) is 25.1 Å². The summed E-state index contributed by atoms with van der Waals surface area (Å²) in [5.74, 6) is -0.468. The normalized spacial score (nSPS) is 22.8. The van der Waals surface area contributed by atoms with Gasteiger partial charge < -0.3 is 4.74 Å². The van der Waals surface area contributed by atoms with Gasteiger partial charge in [-0.3, -0.25) is 0 Å². The van der Waals surface area contributed by atoms with Crippen molar-refractivity contribution in [1.82, 2.24) is 0 Å². The second-order valence-electron chi connectivity index (χ2n) is 6.15. The molecule has 0 radical (unpaired) electrons. The number of carbonyl (C=O) groups is 2. The number of amides is 1. The predicted octanol–water partition coefficient (Wildman–Crippen LogP) is 2.32. The maximum Gasteiger partial charge on any atom is 0.351 e. The molecule has 2 aliphatic heterocycles. The number of likely N-dealkylation sites (N-methyl/N-ethyl adjacent to an activating group) is 1. The number of hydrogen-bond acceptors (Lipinski definition) is 5. The fourth-order valence-corrected chi connectivity index (χ4v) is 4.44. The molecule has 128 valence electrons. The van der Waals surface area contributed by atoms with Gasteiger partial charge in [0, 0.05) is 6.42 Å². The average Bonchev–Trinajstić information content (AvgIpc) is 3.28. The Labute approximate surface area is 149 Å². The predicted molar refractivity (Wildman–Crippen MR) is 94.2 cm³/mol. The minimum Gasteiger partial charge on any atom is -0.484 e. The molecule has 0 aliphatic carbocycles. The van der Waals surface area contributed by atoms with Crippen molar-refractivity contribution in [2.24, 2.45) is 4.99 Å². The zero-order chi connectivity index (χ0) is 17.6. The third-order valence-electron chi connectivity index (χ3n) is 4.65. The van der Waals surface area contributed by atoms with Gasteiger partial charge in [0.25, 0.3) is 0 Å². The van der Waals surface area contributed by atoms with Gasteiger partial charge in [-0.1, -0.05) is 30.3 Å². The summed E-state index contributed by atoms with van der Waals surface area (Å²) >= 11 is 1.44. The van der Waals surface area contributed by atoms with Crippen LogP contribution in [0.15, 0.2) is 41.5 Å². The summed E-state index contributed by atoms with van der Waals surface area (Å²) in [4.78, 5) is 32.9. The topological polar surface area (TPSA) is 62.9 Å². The molecule has 2 unspecified atom stereocenters. The standard InChI is InChI=1S/C18H18N3O3S/c1-20-16(22)15(11-6-4-3-5-7-11)17(23)21-10-13(25-18(20)21)12-8-9-14(19-12)24-2/h3-7,10,12,15H,8-9H2,1-2H3/q+1. The highest BCUT2D eigenvalue weighted by atomic mass is 32.1. The van der Waals surface area contributed by atoms with Gasteiger partial charge >= 0.3 is 16.9 Å². The molecule has 0 bridgehead atoms. The SMILES string of the molecule is COC1=NC(c2c[n+]3c(s2)N(C)C(=O)C(c2ccccc2)C3=O)CC1. The number of aromatic nitrogens is 1. The summed E-state index contributed by atoms with van der Waals surface area (Å²) in [5.41, 5.74) is 0.718. The fraction of sp³-hybridized carbons (Fsp3) is 0.333. The molecule has 3 heterocycles. The molecule has 0 saturated carbocycles. The summed E-state index contributed by atoms with van der Waals surface area (Å²) < 4.78 is 6.81. The first-order chi connectivity index (χ1) is 12.1. The first-order valence-corrected chi connectivity index (χ1v) is 8.94. The molecule has 1 aromatic heterocycles. The number of ether oxygens (including phenoxy) is 1. The molecule has 1 amide bonds. The number of aliphatic imine (C=N–C) groups is 1. The lowest BCUT2D eigenvalue weighted by atomic mass is 9.95. The molecule has 6 nitrogen and oxygen atoms in total. The van der Waals surface area contributed by atoms with Gasteiger partial charge in [-0.05, 0) is 23.3 Å². The van der Waals surface area contributed by atoms with Crippen LogP contribution in [0.5, 0.6) is 0 Å². The van der Waals surface area contributed by atoms with Gasteiger partial charge in [0.1, 0.15) is 6.20 Å². The van der Waals surface area contributed by atoms with Crippen molar-refractivity contribution >= 4 is 34.2 Å². The molecule has 2 atom stereocenters. The Morgan fingerprint density at radius 1 is 1.28 bits per heavy atom. The van der Waals surface area contributed by atoms with Crippen LogP contribution in [0.25, 0.3) is 0 Å². The zero-order valence-corrected chi connectivity index (χ0v) is 14.8. The van der Waals surface area contributed by atoms with E-state index in [4.69, 9.17) is 4.74 Å². The van der Waals surface area contributed by atoms with E-state index in [-0.39, 0.29) is 17.9 Å². The molecule has 1 aromatic carbocycles. The lowest BCUT2D eigenvalue weighted by Gasteiger charge is -2.20. The first kappa shape index (κ1) is 16.0. The van der Waals surface area contributed by atoms with Crippen molar-refractivity contribution < 1.29 is 18.9 Å². The lowest BCUT2D eigenvalue weighted by molar-refractivity contribution is -0.558. The zero-order valence-electron chi connectivity index (χ0n) is 14.0. The molecule has 0 N–H and O–H groups in total. The van der Waals surface area contributed by atoms with E-state index in [0.29, 0.717) is 5.13 Å². The Hall–Kier alpha value is -2.54. The Kier molecular flexibility index (Phi) is 3.88. The minimum atomic E-state index is -0.798. The van der Waals surface area contributed by atoms with Crippen molar-refractivity contribution in [3.8, 4) is 0 Å². The molecule has 25 heavy (non-hydrogen) atoms. The summed E-state index contributed by atoms with van der Waals surface area (Å²) in [7, 11) is 3.34. The van der Waals surface area contributed by atoms with Crippen LogP contribution in [0.3, 0.4) is 0 Å². The maximum absolute atomic E-state index is 13.0. The summed E-state index contributed by atoms with van der Waals surface area (Å²) in [6.07, 6.45) is 3.48. The number of methoxy groups -OCH3 is 1. The lowest BCUT2D eigenvalue weighted by Crippen LogP contribution is -2.57. The first-order valence-electron chi connectivity index (χ1n) is 8.13. The number of nitrogens with zero attached hydrogens (tertiary/aromatic N) is 3. The van der Waals surface area contributed by atoms with E-state index in [2.05, 4.69) is 4.99 Å². The summed E-state index contributed by atoms with van der Waals surface area (Å²) in [6.45, 7) is 0. The highest BCUT2D eigenvalue weighted by Gasteiger charge is 2.48. The maximum atomic E-state index is 13.0. The fourth-order valence-electron chi connectivity index (χ4n) is 3.29. The van der Waals surface area contributed by atoms with E-state index in [1.54, 1.807) is 23.6 Å². The Morgan fingerprint density at radius 2 is 2.04 bits per heavy atom. The minimum absolute atomic E-state index is 0.00970. The van der Waals surface area contributed by atoms with Crippen LogP contribution in [0.4, 0.5) is 5.13 Å². The molecular formula is C18H18N3O3S+. The number of fused-ring (bicyclic) bond motifs is 1. The number of anilines is 1. The Balaban J connectivity index is 1.73. The van der Waals surface area contributed by atoms with Crippen molar-refractivity contribution in [2.45, 2.75) is 24.8 Å². The van der Waals surface area contributed by atoms with E-state index in [0.717, 1.165) is 29.2 Å². The average molecular weight is 356 g/mol. The van der Waals surface area contributed by atoms with Gasteiger partial charge in [0.2, 0.25) is 0 Å². The van der Waals surface area contributed by atoms with Crippen molar-refractivity contribution in [1.29, 1.82) is 0 Å². The van der Waals surface area contributed by atoms with E-state index < -0.39 is 5.92 Å². The smallest absolute Gasteiger partial charge is 0.351 e. The second-order valence-corrected chi connectivity index (χ2v) is 7.19. The van der Waals surface area contributed by atoms with Gasteiger partial charge in [-0.2, -0.15) is 9.47 Å². The summed E-state index contributed by atoms with van der Waals surface area (Å²) in [6, 6.07) is 9.18. The van der Waals surface area contributed by atoms with Gasteiger partial charge in [0.15, 0.2) is 11.8 Å². The van der Waals surface area contributed by atoms with Crippen molar-refractivity contribution in [3.05, 3.63) is 47.0 Å². The van der Waals surface area contributed by atoms with Gasteiger partial charge in [-0.25, -0.2) is 14.6 Å². The molecule has 4 rings (SSSR count). The quantitative estimate of drug-likeness (QED) is 0.613. The molecule has 0 saturated heterocycles. The monoisotopic (exact) mass is 356 g/mol. The number of rotatable bonds is 2. The molecule has 2 aliphatic rings.